The van der Waals surface area contributed by atoms with E-state index in [1.807, 2.05) is 0 Å². The van der Waals surface area contributed by atoms with E-state index >= 15 is 0 Å². The predicted molar refractivity (Wildman–Crippen MR) is 147 cm³/mol. The first-order valence-electron chi connectivity index (χ1n) is 14.7. The van der Waals surface area contributed by atoms with E-state index in [2.05, 4.69) is 21.3 Å². The van der Waals surface area contributed by atoms with Gasteiger partial charge in [0.15, 0.2) is 17.4 Å². The van der Waals surface area contributed by atoms with Gasteiger partial charge in [0, 0.05) is 24.2 Å². The van der Waals surface area contributed by atoms with Gasteiger partial charge in [-0.2, -0.15) is 0 Å². The first-order chi connectivity index (χ1) is 16.5. The molecule has 6 aliphatic rings. The normalized spacial score (nSPS) is 29.9. The Labute approximate surface area is 243 Å². The van der Waals surface area contributed by atoms with Crippen LogP contribution in [-0.4, -0.2) is 64.4 Å². The molecule has 200 valence electrons. The molecule has 0 aromatic carbocycles. The Morgan fingerprint density at radius 2 is 0.833 bits per heavy atom. The number of carbonyl (C=O) groups excluding carboxylic acids is 2. The van der Waals surface area contributed by atoms with Crippen LogP contribution in [0.15, 0.2) is 0 Å². The van der Waals surface area contributed by atoms with Crippen molar-refractivity contribution in [2.24, 2.45) is 0 Å². The molecular formula is C28H52AlLiN4O2. The van der Waals surface area contributed by atoms with E-state index in [9.17, 15) is 9.59 Å². The third kappa shape index (κ3) is 6.47. The number of hydrogen-bond acceptors (Lipinski definition) is 5. The molecule has 36 heavy (non-hydrogen) atoms. The fourth-order valence-corrected chi connectivity index (χ4v) is 8.18. The smallest absolute Gasteiger partial charge is 1.00 e. The van der Waals surface area contributed by atoms with E-state index in [4.69, 9.17) is 0 Å². The molecule has 6 nitrogen and oxygen atoms in total. The molecule has 0 aromatic heterocycles. The molecule has 0 unspecified atom stereocenters. The molecule has 4 N–H and O–H groups in total. The molecule has 4 saturated carbocycles. The molecule has 6 rings (SSSR count). The first-order valence-corrected chi connectivity index (χ1v) is 14.7. The Balaban J connectivity index is 0.000000242. The molecule has 0 aromatic rings. The van der Waals surface area contributed by atoms with Crippen LogP contribution in [0.1, 0.15) is 130 Å². The number of nitrogens with one attached hydrogen (secondary N) is 4. The van der Waals surface area contributed by atoms with E-state index in [-0.39, 0.29) is 49.5 Å². The molecule has 2 aliphatic heterocycles. The Morgan fingerprint density at radius 1 is 0.500 bits per heavy atom. The van der Waals surface area contributed by atoms with Gasteiger partial charge in [-0.15, -0.1) is 0 Å². The van der Waals surface area contributed by atoms with Gasteiger partial charge in [-0.25, -0.2) is 0 Å². The zero-order chi connectivity index (χ0) is 23.5. The summed E-state index contributed by atoms with van der Waals surface area (Å²) in [5.74, 6) is -0.160. The minimum absolute atomic E-state index is 0. The fraction of sp³-hybridized carbons (Fsp3) is 0.929. The summed E-state index contributed by atoms with van der Waals surface area (Å²) in [6, 6.07) is 0. The second-order valence-corrected chi connectivity index (χ2v) is 12.6. The molecule has 0 radical (unpaired) electrons. The maximum Gasteiger partial charge on any atom is 1.00 e. The van der Waals surface area contributed by atoms with Crippen molar-refractivity contribution in [2.45, 2.75) is 151 Å². The summed E-state index contributed by atoms with van der Waals surface area (Å²) in [6.45, 7) is 2.43. The SMILES string of the molecule is C1CCC2(CC1)CNCC1(CCCCC1)N2.O=C1NC(=O)C2(CCCCC2)NC12CCCCC2.[AlH3].[H-].[Li+]. The molecule has 2 amide bonds. The van der Waals surface area contributed by atoms with E-state index < -0.39 is 11.1 Å². The quantitative estimate of drug-likeness (QED) is 0.276. The Hall–Kier alpha value is 0.150. The average molecular weight is 511 g/mol. The van der Waals surface area contributed by atoms with Crippen molar-refractivity contribution in [2.75, 3.05) is 13.1 Å². The Bertz CT molecular complexity index is 677. The van der Waals surface area contributed by atoms with Gasteiger partial charge in [-0.1, -0.05) is 77.0 Å². The van der Waals surface area contributed by atoms with Gasteiger partial charge >= 0.3 is 18.9 Å². The maximum absolute atomic E-state index is 12.2. The van der Waals surface area contributed by atoms with Crippen LogP contribution in [0.2, 0.25) is 0 Å². The molecule has 2 heterocycles. The van der Waals surface area contributed by atoms with Crippen molar-refractivity contribution in [1.29, 1.82) is 0 Å². The molecule has 0 atom stereocenters. The van der Waals surface area contributed by atoms with Gasteiger partial charge in [0.05, 0.1) is 11.1 Å². The minimum atomic E-state index is -0.455. The van der Waals surface area contributed by atoms with Crippen LogP contribution in [0.25, 0.3) is 0 Å². The summed E-state index contributed by atoms with van der Waals surface area (Å²) < 4.78 is 0. The number of piperazine rings is 2. The summed E-state index contributed by atoms with van der Waals surface area (Å²) in [7, 11) is 0. The number of rotatable bonds is 0. The second kappa shape index (κ2) is 13.0. The summed E-state index contributed by atoms with van der Waals surface area (Å²) in [5, 5.41) is 14.0. The van der Waals surface area contributed by atoms with Crippen LogP contribution in [0.3, 0.4) is 0 Å². The molecular weight excluding hydrogens is 458 g/mol. The van der Waals surface area contributed by atoms with Crippen LogP contribution in [0.5, 0.6) is 0 Å². The van der Waals surface area contributed by atoms with Crippen LogP contribution in [0.4, 0.5) is 0 Å². The molecule has 8 heteroatoms. The van der Waals surface area contributed by atoms with Crippen LogP contribution in [-0.2, 0) is 9.59 Å². The van der Waals surface area contributed by atoms with Crippen LogP contribution >= 0.6 is 0 Å². The molecule has 0 bridgehead atoms. The molecule has 2 saturated heterocycles. The Kier molecular flexibility index (Phi) is 11.1. The van der Waals surface area contributed by atoms with Gasteiger partial charge in [0.2, 0.25) is 11.8 Å². The molecule has 4 aliphatic carbocycles. The number of imide groups is 1. The summed E-state index contributed by atoms with van der Waals surface area (Å²) in [6.07, 6.45) is 24.6. The van der Waals surface area contributed by atoms with Crippen molar-refractivity contribution < 1.29 is 29.9 Å². The summed E-state index contributed by atoms with van der Waals surface area (Å²) in [5.41, 5.74) is 0.0225. The minimum Gasteiger partial charge on any atom is -1.00 e. The van der Waals surface area contributed by atoms with E-state index in [0.29, 0.717) is 11.1 Å². The summed E-state index contributed by atoms with van der Waals surface area (Å²) in [4.78, 5) is 24.4. The third-order valence-corrected chi connectivity index (χ3v) is 10.1. The van der Waals surface area contributed by atoms with Crippen LogP contribution in [0, 0.1) is 0 Å². The van der Waals surface area contributed by atoms with E-state index in [1.54, 1.807) is 0 Å². The Morgan fingerprint density at radius 3 is 1.19 bits per heavy atom. The zero-order valence-electron chi connectivity index (χ0n) is 23.4. The van der Waals surface area contributed by atoms with Crippen molar-refractivity contribution in [1.82, 2.24) is 21.3 Å². The van der Waals surface area contributed by atoms with Gasteiger partial charge < -0.3 is 12.1 Å². The molecule has 4 spiro atoms. The molecule has 6 fully saturated rings. The topological polar surface area (TPSA) is 82.3 Å². The standard InChI is InChI=1S/C14H22N2O2.C14H26N2.Al.Li.4H/c17-11-13(7-3-1-4-8-13)16-14(12(18)15-11)9-5-2-6-10-14;1-3-7-13(8-4-1)11-15-12-14(16-13)9-5-2-6-10-14;;;;;;/h16H,1-10H2,(H,15,17,18);15-16H,1-12H2;;;;;;/q;;;+1;;;;-1. The first kappa shape index (κ1) is 30.7. The number of amides is 2. The monoisotopic (exact) mass is 510 g/mol. The van der Waals surface area contributed by atoms with E-state index in [0.717, 1.165) is 51.4 Å². The predicted octanol–water partition coefficient (Wildman–Crippen LogP) is 0.156. The van der Waals surface area contributed by atoms with Crippen molar-refractivity contribution in [3.8, 4) is 0 Å². The van der Waals surface area contributed by atoms with Gasteiger partial charge in [0.25, 0.3) is 0 Å². The zero-order valence-corrected chi connectivity index (χ0v) is 22.4. The second-order valence-electron chi connectivity index (χ2n) is 12.6. The number of carbonyl (C=O) groups is 2. The van der Waals surface area contributed by atoms with Crippen molar-refractivity contribution >= 4 is 29.2 Å². The van der Waals surface area contributed by atoms with Gasteiger partial charge in [0.1, 0.15) is 0 Å². The largest absolute Gasteiger partial charge is 1.00 e. The van der Waals surface area contributed by atoms with Crippen LogP contribution < -0.4 is 40.1 Å². The summed E-state index contributed by atoms with van der Waals surface area (Å²) >= 11 is 0. The van der Waals surface area contributed by atoms with Gasteiger partial charge in [-0.3, -0.25) is 20.2 Å². The van der Waals surface area contributed by atoms with Gasteiger partial charge in [-0.05, 0) is 51.4 Å². The number of hydrogen-bond donors (Lipinski definition) is 4. The van der Waals surface area contributed by atoms with Crippen molar-refractivity contribution in [3.63, 3.8) is 0 Å². The van der Waals surface area contributed by atoms with Crippen molar-refractivity contribution in [3.05, 3.63) is 0 Å². The van der Waals surface area contributed by atoms with E-state index in [1.165, 1.54) is 90.1 Å². The maximum atomic E-state index is 12.2. The fourth-order valence-electron chi connectivity index (χ4n) is 8.18. The average Bonchev–Trinajstić information content (AvgIpc) is 2.86. The third-order valence-electron chi connectivity index (χ3n) is 10.1.